The Balaban J connectivity index is 1.74. The Hall–Kier alpha value is -3.08. The van der Waals surface area contributed by atoms with E-state index in [-0.39, 0.29) is 46.5 Å². The molecule has 0 aromatic heterocycles. The lowest BCUT2D eigenvalue weighted by Gasteiger charge is -2.15. The Morgan fingerprint density at radius 3 is 2.60 bits per heavy atom. The Morgan fingerprint density at radius 1 is 1.23 bits per heavy atom. The van der Waals surface area contributed by atoms with Gasteiger partial charge in [-0.2, -0.15) is 0 Å². The van der Waals surface area contributed by atoms with E-state index < -0.39 is 5.97 Å². The van der Waals surface area contributed by atoms with Crippen LogP contribution in [0.25, 0.3) is 6.08 Å². The summed E-state index contributed by atoms with van der Waals surface area (Å²) in [5, 5.41) is 11.8. The summed E-state index contributed by atoms with van der Waals surface area (Å²) in [5.41, 5.74) is 2.29. The zero-order valence-electron chi connectivity index (χ0n) is 19.0. The van der Waals surface area contributed by atoms with Crippen LogP contribution in [0.3, 0.4) is 0 Å². The van der Waals surface area contributed by atoms with E-state index in [0.29, 0.717) is 28.5 Å². The summed E-state index contributed by atoms with van der Waals surface area (Å²) in [5.74, 6) is -1.22. The summed E-state index contributed by atoms with van der Waals surface area (Å²) in [4.78, 5) is 37.4. The summed E-state index contributed by atoms with van der Waals surface area (Å²) in [6, 6.07) is 10.6. The van der Waals surface area contributed by atoms with E-state index in [4.69, 9.17) is 38.4 Å². The van der Waals surface area contributed by atoms with Crippen molar-refractivity contribution in [2.45, 2.75) is 20.3 Å². The van der Waals surface area contributed by atoms with Crippen molar-refractivity contribution in [1.29, 1.82) is 0 Å². The Morgan fingerprint density at radius 2 is 1.94 bits per heavy atom. The molecular formula is C24H23ClN2O6S2. The molecule has 2 amide bonds. The molecule has 0 unspecified atom stereocenters. The summed E-state index contributed by atoms with van der Waals surface area (Å²) >= 11 is 12.7. The number of carbonyl (C=O) groups is 3. The molecule has 35 heavy (non-hydrogen) atoms. The van der Waals surface area contributed by atoms with E-state index in [1.54, 1.807) is 37.3 Å². The number of rotatable bonds is 10. The number of hydrogen-bond acceptors (Lipinski definition) is 7. The lowest BCUT2D eigenvalue weighted by molar-refractivity contribution is -0.137. The molecule has 11 heteroatoms. The molecule has 3 rings (SSSR count). The average molecular weight is 535 g/mol. The number of anilines is 1. The predicted octanol–water partition coefficient (Wildman–Crippen LogP) is 4.74. The van der Waals surface area contributed by atoms with Gasteiger partial charge in [0.15, 0.2) is 18.1 Å². The maximum absolute atomic E-state index is 12.7. The summed E-state index contributed by atoms with van der Waals surface area (Å²) in [7, 11) is 0. The second-order valence-corrected chi connectivity index (χ2v) is 9.53. The normalized spacial score (nSPS) is 14.4. The molecule has 0 atom stereocenters. The molecule has 184 valence electrons. The molecule has 1 fully saturated rings. The Bertz CT molecular complexity index is 1180. The quantitative estimate of drug-likeness (QED) is 0.332. The number of aryl methyl sites for hydroxylation is 1. The number of nitrogens with one attached hydrogen (secondary N) is 1. The number of carboxylic acids is 1. The number of ether oxygens (including phenoxy) is 2. The molecule has 0 radical (unpaired) electrons. The summed E-state index contributed by atoms with van der Waals surface area (Å²) in [6.45, 7) is 3.79. The molecule has 2 aromatic rings. The first-order valence-corrected chi connectivity index (χ1v) is 12.2. The summed E-state index contributed by atoms with van der Waals surface area (Å²) in [6.07, 6.45) is 1.39. The van der Waals surface area contributed by atoms with Crippen molar-refractivity contribution in [3.8, 4) is 11.5 Å². The molecule has 1 aliphatic heterocycles. The zero-order chi connectivity index (χ0) is 25.5. The molecule has 2 aromatic carbocycles. The van der Waals surface area contributed by atoms with Gasteiger partial charge in [0, 0.05) is 12.2 Å². The Kier molecular flexibility index (Phi) is 9.13. The summed E-state index contributed by atoms with van der Waals surface area (Å²) < 4.78 is 11.6. The van der Waals surface area contributed by atoms with Crippen LogP contribution in [0.15, 0.2) is 41.3 Å². The van der Waals surface area contributed by atoms with Gasteiger partial charge in [0.1, 0.15) is 4.32 Å². The van der Waals surface area contributed by atoms with Crippen LogP contribution in [0.5, 0.6) is 11.5 Å². The third-order valence-corrected chi connectivity index (χ3v) is 6.39. The number of aliphatic carboxylic acids is 1. The van der Waals surface area contributed by atoms with Gasteiger partial charge in [0.05, 0.1) is 23.0 Å². The fraction of sp³-hybridized carbons (Fsp3) is 0.250. The fourth-order valence-electron chi connectivity index (χ4n) is 3.10. The van der Waals surface area contributed by atoms with Gasteiger partial charge in [-0.1, -0.05) is 53.3 Å². The lowest BCUT2D eigenvalue weighted by Crippen LogP contribution is -2.30. The average Bonchev–Trinajstić information content (AvgIpc) is 3.05. The third-order valence-electron chi connectivity index (χ3n) is 4.74. The van der Waals surface area contributed by atoms with Crippen molar-refractivity contribution in [1.82, 2.24) is 4.90 Å². The van der Waals surface area contributed by atoms with E-state index in [9.17, 15) is 14.4 Å². The van der Waals surface area contributed by atoms with E-state index >= 15 is 0 Å². The van der Waals surface area contributed by atoms with Gasteiger partial charge >= 0.3 is 5.97 Å². The van der Waals surface area contributed by atoms with Gasteiger partial charge in [-0.05, 0) is 49.8 Å². The van der Waals surface area contributed by atoms with Crippen LogP contribution in [0, 0.1) is 6.92 Å². The highest BCUT2D eigenvalue weighted by molar-refractivity contribution is 8.26. The van der Waals surface area contributed by atoms with Crippen LogP contribution in [-0.2, 0) is 14.4 Å². The fourth-order valence-corrected chi connectivity index (χ4v) is 4.68. The number of hydrogen-bond donors (Lipinski definition) is 2. The van der Waals surface area contributed by atoms with Crippen LogP contribution >= 0.6 is 35.6 Å². The van der Waals surface area contributed by atoms with Crippen LogP contribution in [0.1, 0.15) is 24.5 Å². The van der Waals surface area contributed by atoms with E-state index in [2.05, 4.69) is 5.32 Å². The molecule has 0 spiro atoms. The van der Waals surface area contributed by atoms with Crippen LogP contribution in [-0.4, -0.2) is 51.9 Å². The van der Waals surface area contributed by atoms with Crippen molar-refractivity contribution < 1.29 is 29.0 Å². The number of benzene rings is 2. The van der Waals surface area contributed by atoms with Crippen molar-refractivity contribution in [3.63, 3.8) is 0 Å². The van der Waals surface area contributed by atoms with Gasteiger partial charge in [0.2, 0.25) is 0 Å². The number of amides is 2. The molecule has 0 saturated carbocycles. The largest absolute Gasteiger partial charge is 0.490 e. The third kappa shape index (κ3) is 7.20. The number of thiocarbonyl (C=S) groups is 1. The van der Waals surface area contributed by atoms with Gasteiger partial charge in [-0.3, -0.25) is 19.3 Å². The van der Waals surface area contributed by atoms with Crippen molar-refractivity contribution in [2.24, 2.45) is 0 Å². The topological polar surface area (TPSA) is 105 Å². The van der Waals surface area contributed by atoms with Gasteiger partial charge in [-0.15, -0.1) is 0 Å². The first-order valence-electron chi connectivity index (χ1n) is 10.6. The minimum atomic E-state index is -1.01. The maximum Gasteiger partial charge on any atom is 0.305 e. The van der Waals surface area contributed by atoms with Gasteiger partial charge < -0.3 is 19.9 Å². The van der Waals surface area contributed by atoms with Crippen molar-refractivity contribution in [3.05, 3.63) is 57.5 Å². The monoisotopic (exact) mass is 534 g/mol. The number of thioether (sulfide) groups is 1. The highest BCUT2D eigenvalue weighted by Crippen LogP contribution is 2.39. The smallest absolute Gasteiger partial charge is 0.305 e. The van der Waals surface area contributed by atoms with E-state index in [0.717, 1.165) is 17.3 Å². The van der Waals surface area contributed by atoms with E-state index in [1.807, 2.05) is 19.1 Å². The van der Waals surface area contributed by atoms with Crippen molar-refractivity contribution >= 4 is 69.4 Å². The minimum absolute atomic E-state index is 0.000275. The first kappa shape index (κ1) is 26.5. The highest BCUT2D eigenvalue weighted by atomic mass is 35.5. The second kappa shape index (κ2) is 12.1. The van der Waals surface area contributed by atoms with Crippen LogP contribution < -0.4 is 14.8 Å². The molecular weight excluding hydrogens is 512 g/mol. The first-order chi connectivity index (χ1) is 16.7. The zero-order valence-corrected chi connectivity index (χ0v) is 21.4. The Labute approximate surface area is 217 Å². The van der Waals surface area contributed by atoms with Crippen LogP contribution in [0.2, 0.25) is 5.02 Å². The van der Waals surface area contributed by atoms with Gasteiger partial charge in [0.25, 0.3) is 11.8 Å². The predicted molar refractivity (Wildman–Crippen MR) is 140 cm³/mol. The molecule has 1 saturated heterocycles. The van der Waals surface area contributed by atoms with Gasteiger partial charge in [-0.25, -0.2) is 0 Å². The highest BCUT2D eigenvalue weighted by Gasteiger charge is 2.32. The molecule has 0 aliphatic carbocycles. The maximum atomic E-state index is 12.7. The number of carboxylic acid groups (broad SMARTS) is 1. The molecule has 8 nitrogen and oxygen atoms in total. The van der Waals surface area contributed by atoms with E-state index in [1.165, 1.54) is 4.90 Å². The molecule has 0 bridgehead atoms. The molecule has 2 N–H and O–H groups in total. The van der Waals surface area contributed by atoms with Crippen LogP contribution in [0.4, 0.5) is 5.69 Å². The molecule has 1 heterocycles. The van der Waals surface area contributed by atoms with Crippen molar-refractivity contribution in [2.75, 3.05) is 25.1 Å². The molecule has 1 aliphatic rings. The lowest BCUT2D eigenvalue weighted by atomic mass is 10.1. The number of carbonyl (C=O) groups excluding carboxylic acids is 2. The number of nitrogens with zero attached hydrogens (tertiary/aromatic N) is 1. The minimum Gasteiger partial charge on any atom is -0.490 e. The second-order valence-electron chi connectivity index (χ2n) is 7.44. The standard InChI is InChI=1S/C24H23ClN2O6S2/c1-3-32-18-11-15(12-19-23(31)27(24(34)35-19)9-8-21(29)30)10-17(25)22(18)33-13-20(28)26-16-6-4-14(2)5-7-16/h4-7,10-12H,3,8-9,13H2,1-2H3,(H,26,28)(H,29,30)/b19-12-. The number of halogens is 1. The SMILES string of the molecule is CCOc1cc(/C=C2\SC(=S)N(CCC(=O)O)C2=O)cc(Cl)c1OCC(=O)Nc1ccc(C)cc1.